The number of imidazole rings is 1. The summed E-state index contributed by atoms with van der Waals surface area (Å²) in [4.78, 5) is 17.4. The van der Waals surface area contributed by atoms with Crippen molar-refractivity contribution in [1.29, 1.82) is 5.41 Å². The van der Waals surface area contributed by atoms with Crippen LogP contribution in [0.15, 0.2) is 91.1 Å². The molecule has 0 fully saturated rings. The predicted molar refractivity (Wildman–Crippen MR) is 151 cm³/mol. The Kier molecular flexibility index (Phi) is 7.22. The van der Waals surface area contributed by atoms with Crippen molar-refractivity contribution in [3.05, 3.63) is 130 Å². The van der Waals surface area contributed by atoms with Crippen LogP contribution in [0.25, 0.3) is 11.0 Å². The highest BCUT2D eigenvalue weighted by Gasteiger charge is 2.21. The molecule has 38 heavy (non-hydrogen) atoms. The first kappa shape index (κ1) is 25.2. The second-order valence-corrected chi connectivity index (χ2v) is 9.98. The van der Waals surface area contributed by atoms with E-state index in [1.54, 1.807) is 6.20 Å². The molecule has 5 rings (SSSR count). The standard InChI is InChI=1S/C32H33N5O/c1-22-10-14-25(15-11-22)19-27(20-35-31(38)30-24(3)7-6-18-34-30)37-29-9-5-4-8-28(29)36(32(37)33)21-26-16-12-23(2)13-17-26/h4-18,27,33H,19-21H2,1-3H3,(H,35,38). The summed E-state index contributed by atoms with van der Waals surface area (Å²) in [5, 5.41) is 12.4. The third kappa shape index (κ3) is 5.30. The van der Waals surface area contributed by atoms with E-state index in [0.717, 1.165) is 27.7 Å². The maximum atomic E-state index is 13.1. The predicted octanol–water partition coefficient (Wildman–Crippen LogP) is 5.50. The fourth-order valence-corrected chi connectivity index (χ4v) is 4.93. The van der Waals surface area contributed by atoms with Crippen LogP contribution in [-0.4, -0.2) is 26.6 Å². The van der Waals surface area contributed by atoms with E-state index in [4.69, 9.17) is 0 Å². The number of benzene rings is 3. The van der Waals surface area contributed by atoms with Crippen LogP contribution in [0.4, 0.5) is 0 Å². The Hall–Kier alpha value is -4.45. The Morgan fingerprint density at radius 1 is 0.842 bits per heavy atom. The Morgan fingerprint density at radius 3 is 2.13 bits per heavy atom. The van der Waals surface area contributed by atoms with Gasteiger partial charge in [-0.05, 0) is 62.1 Å². The van der Waals surface area contributed by atoms with Crippen molar-refractivity contribution in [3.8, 4) is 0 Å². The van der Waals surface area contributed by atoms with Gasteiger partial charge in [0, 0.05) is 12.7 Å². The molecule has 192 valence electrons. The lowest BCUT2D eigenvalue weighted by Crippen LogP contribution is -2.37. The zero-order valence-corrected chi connectivity index (χ0v) is 22.1. The molecule has 0 aliphatic rings. The van der Waals surface area contributed by atoms with Gasteiger partial charge in [0.05, 0.1) is 23.6 Å². The van der Waals surface area contributed by atoms with Crippen molar-refractivity contribution in [2.45, 2.75) is 39.8 Å². The van der Waals surface area contributed by atoms with Crippen molar-refractivity contribution in [1.82, 2.24) is 19.4 Å². The average Bonchev–Trinajstić information content (AvgIpc) is 3.20. The van der Waals surface area contributed by atoms with E-state index >= 15 is 0 Å². The molecule has 0 saturated carbocycles. The number of amides is 1. The number of para-hydroxylation sites is 2. The minimum absolute atomic E-state index is 0.164. The molecule has 2 heterocycles. The van der Waals surface area contributed by atoms with Crippen LogP contribution in [0.5, 0.6) is 0 Å². The Labute approximate surface area is 223 Å². The zero-order valence-electron chi connectivity index (χ0n) is 22.1. The minimum atomic E-state index is -0.201. The molecule has 0 saturated heterocycles. The van der Waals surface area contributed by atoms with Crippen molar-refractivity contribution >= 4 is 16.9 Å². The number of rotatable bonds is 8. The molecule has 3 aromatic carbocycles. The summed E-state index contributed by atoms with van der Waals surface area (Å²) in [6, 6.07) is 28.6. The summed E-state index contributed by atoms with van der Waals surface area (Å²) >= 11 is 0. The molecule has 1 unspecified atom stereocenters. The number of carbonyl (C=O) groups is 1. The molecular weight excluding hydrogens is 470 g/mol. The second kappa shape index (κ2) is 10.9. The molecule has 1 amide bonds. The molecule has 0 bridgehead atoms. The SMILES string of the molecule is Cc1ccc(CC(CNC(=O)c2ncccc2C)n2c(=N)n(Cc3ccc(C)cc3)c3ccccc32)cc1. The molecule has 0 radical (unpaired) electrons. The van der Waals surface area contributed by atoms with Gasteiger partial charge in [-0.15, -0.1) is 0 Å². The van der Waals surface area contributed by atoms with Gasteiger partial charge in [0.2, 0.25) is 5.62 Å². The van der Waals surface area contributed by atoms with Crippen LogP contribution in [0.2, 0.25) is 0 Å². The van der Waals surface area contributed by atoms with Gasteiger partial charge in [-0.1, -0.05) is 77.9 Å². The Bertz CT molecular complexity index is 1630. The summed E-state index contributed by atoms with van der Waals surface area (Å²) in [6.45, 7) is 7.02. The Balaban J connectivity index is 1.54. The summed E-state index contributed by atoms with van der Waals surface area (Å²) < 4.78 is 4.11. The normalized spacial score (nSPS) is 12.0. The molecule has 6 heteroatoms. The molecule has 1 atom stereocenters. The zero-order chi connectivity index (χ0) is 26.6. The number of pyridine rings is 1. The van der Waals surface area contributed by atoms with Gasteiger partial charge in [-0.25, -0.2) is 0 Å². The number of hydrogen-bond donors (Lipinski definition) is 2. The average molecular weight is 504 g/mol. The molecule has 2 N–H and O–H groups in total. The number of aryl methyl sites for hydroxylation is 3. The van der Waals surface area contributed by atoms with Gasteiger partial charge in [0.25, 0.3) is 5.91 Å². The van der Waals surface area contributed by atoms with E-state index in [1.807, 2.05) is 35.8 Å². The van der Waals surface area contributed by atoms with Gasteiger partial charge in [0.1, 0.15) is 5.69 Å². The van der Waals surface area contributed by atoms with Crippen LogP contribution in [0, 0.1) is 26.2 Å². The highest BCUT2D eigenvalue weighted by Crippen LogP contribution is 2.22. The topological polar surface area (TPSA) is 75.7 Å². The molecule has 6 nitrogen and oxygen atoms in total. The number of nitrogens with one attached hydrogen (secondary N) is 2. The summed E-state index contributed by atoms with van der Waals surface area (Å²) in [7, 11) is 0. The fraction of sp³-hybridized carbons (Fsp3) is 0.219. The van der Waals surface area contributed by atoms with Gasteiger partial charge < -0.3 is 14.5 Å². The van der Waals surface area contributed by atoms with Crippen LogP contribution in [0.1, 0.15) is 44.3 Å². The molecule has 0 spiro atoms. The molecule has 0 aliphatic carbocycles. The van der Waals surface area contributed by atoms with Crippen molar-refractivity contribution in [2.75, 3.05) is 6.54 Å². The molecule has 5 aromatic rings. The fourth-order valence-electron chi connectivity index (χ4n) is 4.93. The van der Waals surface area contributed by atoms with Gasteiger partial charge >= 0.3 is 0 Å². The van der Waals surface area contributed by atoms with Gasteiger partial charge in [0.15, 0.2) is 0 Å². The van der Waals surface area contributed by atoms with Crippen molar-refractivity contribution < 1.29 is 4.79 Å². The van der Waals surface area contributed by atoms with E-state index < -0.39 is 0 Å². The highest BCUT2D eigenvalue weighted by atomic mass is 16.1. The summed E-state index contributed by atoms with van der Waals surface area (Å²) in [5.74, 6) is -0.201. The van der Waals surface area contributed by atoms with E-state index in [-0.39, 0.29) is 11.9 Å². The summed E-state index contributed by atoms with van der Waals surface area (Å²) in [5.41, 5.74) is 8.37. The maximum Gasteiger partial charge on any atom is 0.270 e. The monoisotopic (exact) mass is 503 g/mol. The maximum absolute atomic E-state index is 13.1. The highest BCUT2D eigenvalue weighted by molar-refractivity contribution is 5.93. The van der Waals surface area contributed by atoms with E-state index in [9.17, 15) is 10.2 Å². The number of nitrogens with zero attached hydrogens (tertiary/aromatic N) is 3. The smallest absolute Gasteiger partial charge is 0.270 e. The second-order valence-electron chi connectivity index (χ2n) is 9.98. The van der Waals surface area contributed by atoms with E-state index in [1.165, 1.54) is 11.1 Å². The first-order valence-corrected chi connectivity index (χ1v) is 13.0. The number of aromatic nitrogens is 3. The van der Waals surface area contributed by atoms with Crippen LogP contribution in [-0.2, 0) is 13.0 Å². The summed E-state index contributed by atoms with van der Waals surface area (Å²) in [6.07, 6.45) is 2.32. The van der Waals surface area contributed by atoms with Gasteiger partial charge in [-0.3, -0.25) is 15.2 Å². The van der Waals surface area contributed by atoms with Crippen LogP contribution < -0.4 is 10.9 Å². The van der Waals surface area contributed by atoms with E-state index in [0.29, 0.717) is 30.8 Å². The molecule has 2 aromatic heterocycles. The lowest BCUT2D eigenvalue weighted by atomic mass is 10.0. The van der Waals surface area contributed by atoms with Gasteiger partial charge in [-0.2, -0.15) is 0 Å². The Morgan fingerprint density at radius 2 is 1.47 bits per heavy atom. The number of carbonyl (C=O) groups excluding carboxylic acids is 1. The number of hydrogen-bond acceptors (Lipinski definition) is 3. The lowest BCUT2D eigenvalue weighted by molar-refractivity contribution is 0.0941. The van der Waals surface area contributed by atoms with Crippen LogP contribution >= 0.6 is 0 Å². The van der Waals surface area contributed by atoms with Crippen LogP contribution in [0.3, 0.4) is 0 Å². The minimum Gasteiger partial charge on any atom is -0.349 e. The number of fused-ring (bicyclic) bond motifs is 1. The largest absolute Gasteiger partial charge is 0.349 e. The first-order valence-electron chi connectivity index (χ1n) is 13.0. The third-order valence-electron chi connectivity index (χ3n) is 7.06. The first-order chi connectivity index (χ1) is 18.4. The van der Waals surface area contributed by atoms with Crippen molar-refractivity contribution in [2.24, 2.45) is 0 Å². The van der Waals surface area contributed by atoms with E-state index in [2.05, 4.69) is 89.4 Å². The molecule has 0 aliphatic heterocycles. The third-order valence-corrected chi connectivity index (χ3v) is 7.06. The van der Waals surface area contributed by atoms with Crippen molar-refractivity contribution in [3.63, 3.8) is 0 Å². The lowest BCUT2D eigenvalue weighted by Gasteiger charge is -2.21. The quantitative estimate of drug-likeness (QED) is 0.293. The molecular formula is C32H33N5O.